The van der Waals surface area contributed by atoms with Crippen LogP contribution < -0.4 is 10.2 Å². The number of allylic oxidation sites excluding steroid dienone is 3. The van der Waals surface area contributed by atoms with Crippen molar-refractivity contribution < 1.29 is 41.1 Å². The fraction of sp³-hybridized carbons (Fsp3) is 0.385. The van der Waals surface area contributed by atoms with Crippen molar-refractivity contribution in [3.8, 4) is 0 Å². The highest BCUT2D eigenvalue weighted by molar-refractivity contribution is 9.10. The summed E-state index contributed by atoms with van der Waals surface area (Å²) in [4.78, 5) is 44.7. The second-order valence-corrected chi connectivity index (χ2v) is 10.4. The Balaban J connectivity index is 1.41. The van der Waals surface area contributed by atoms with E-state index in [1.54, 1.807) is 0 Å². The molecule has 1 aromatic carbocycles. The molecule has 2 fully saturated rings. The van der Waals surface area contributed by atoms with Gasteiger partial charge in [0.2, 0.25) is 0 Å². The largest absolute Gasteiger partial charge is 0.418 e. The molecule has 1 unspecified atom stereocenters. The van der Waals surface area contributed by atoms with Gasteiger partial charge in [-0.05, 0) is 30.7 Å². The first-order valence-corrected chi connectivity index (χ1v) is 13.1. The molecule has 0 bridgehead atoms. The zero-order chi connectivity index (χ0) is 28.8. The van der Waals surface area contributed by atoms with Gasteiger partial charge in [-0.15, -0.1) is 0 Å². The van der Waals surface area contributed by atoms with Crippen LogP contribution in [0.15, 0.2) is 56.8 Å². The molecule has 2 saturated heterocycles. The number of morpholine rings is 1. The van der Waals surface area contributed by atoms with E-state index < -0.39 is 64.4 Å². The number of alkyl halides is 4. The summed E-state index contributed by atoms with van der Waals surface area (Å²) >= 11 is 3.09. The van der Waals surface area contributed by atoms with Crippen LogP contribution in [0.4, 0.5) is 27.6 Å². The van der Waals surface area contributed by atoms with Crippen molar-refractivity contribution >= 4 is 45.1 Å². The first-order valence-electron chi connectivity index (χ1n) is 12.3. The van der Waals surface area contributed by atoms with Crippen LogP contribution in [0, 0.1) is 0 Å². The van der Waals surface area contributed by atoms with E-state index in [1.165, 1.54) is 15.9 Å². The molecular formula is C26H22BrF5N4O4. The van der Waals surface area contributed by atoms with Crippen molar-refractivity contribution in [1.29, 1.82) is 0 Å². The average Bonchev–Trinajstić information content (AvgIpc) is 3.37. The SMILES string of the molecule is O=C1C=C(C(=O)N[C@@H]2CCN(c3c(C(=O)N4CCOCC4)cc(Br)cc3C(F)(F)F)C2)C2=C(F)C=CC(F)C2=N1. The number of benzene rings is 1. The number of hydrogen-bond donors (Lipinski definition) is 1. The Bertz CT molecular complexity index is 1400. The summed E-state index contributed by atoms with van der Waals surface area (Å²) in [5, 5.41) is 2.61. The number of hydrogen-bond acceptors (Lipinski definition) is 5. The lowest BCUT2D eigenvalue weighted by Crippen LogP contribution is -2.42. The number of nitrogens with one attached hydrogen (secondary N) is 1. The topological polar surface area (TPSA) is 91.3 Å². The van der Waals surface area contributed by atoms with Gasteiger partial charge in [-0.25, -0.2) is 13.8 Å². The van der Waals surface area contributed by atoms with Crippen molar-refractivity contribution in [2.45, 2.75) is 24.8 Å². The highest BCUT2D eigenvalue weighted by atomic mass is 79.9. The zero-order valence-electron chi connectivity index (χ0n) is 20.7. The molecule has 3 heterocycles. The standard InChI is InChI=1S/C26H22BrF5N4O4/c27-13-9-16(25(39)35-5-7-40-8-6-35)23(17(10-13)26(30,31)32)36-4-3-14(12-36)33-24(38)15-11-20(37)34-22-19(29)2-1-18(28)21(15)22/h1-2,9-11,14,19H,3-8,12H2,(H,33,38)/t14-,19?/m1/s1. The number of rotatable bonds is 4. The molecule has 40 heavy (non-hydrogen) atoms. The van der Waals surface area contributed by atoms with Gasteiger partial charge in [-0.3, -0.25) is 14.4 Å². The second kappa shape index (κ2) is 10.9. The zero-order valence-corrected chi connectivity index (χ0v) is 22.3. The van der Waals surface area contributed by atoms with Gasteiger partial charge in [0.15, 0.2) is 6.17 Å². The second-order valence-electron chi connectivity index (χ2n) is 9.53. The van der Waals surface area contributed by atoms with Crippen LogP contribution in [0.1, 0.15) is 22.3 Å². The minimum Gasteiger partial charge on any atom is -0.378 e. The molecule has 1 N–H and O–H groups in total. The first kappa shape index (κ1) is 28.1. The summed E-state index contributed by atoms with van der Waals surface area (Å²) < 4.78 is 76.7. The van der Waals surface area contributed by atoms with Crippen LogP contribution in [-0.4, -0.2) is 79.9 Å². The number of halogens is 6. The Hall–Kier alpha value is -3.39. The van der Waals surface area contributed by atoms with E-state index in [1.807, 2.05) is 0 Å². The molecule has 1 aliphatic carbocycles. The minimum absolute atomic E-state index is 0.0656. The Kier molecular flexibility index (Phi) is 7.66. The highest BCUT2D eigenvalue weighted by Crippen LogP contribution is 2.42. The predicted octanol–water partition coefficient (Wildman–Crippen LogP) is 3.67. The van der Waals surface area contributed by atoms with Crippen LogP contribution in [0.2, 0.25) is 0 Å². The fourth-order valence-corrected chi connectivity index (χ4v) is 5.57. The molecule has 5 rings (SSSR count). The number of carbonyl (C=O) groups excluding carboxylic acids is 3. The molecule has 4 aliphatic rings. The monoisotopic (exact) mass is 628 g/mol. The lowest BCUT2D eigenvalue weighted by Gasteiger charge is -2.31. The summed E-state index contributed by atoms with van der Waals surface area (Å²) in [6.07, 6.45) is -3.97. The van der Waals surface area contributed by atoms with E-state index in [0.29, 0.717) is 0 Å². The molecule has 212 valence electrons. The Morgan fingerprint density at radius 3 is 2.58 bits per heavy atom. The van der Waals surface area contributed by atoms with Gasteiger partial charge < -0.3 is 19.9 Å². The molecule has 0 aromatic heterocycles. The van der Waals surface area contributed by atoms with Gasteiger partial charge in [0.1, 0.15) is 5.83 Å². The normalized spacial score (nSPS) is 23.2. The number of anilines is 1. The first-order chi connectivity index (χ1) is 18.9. The van der Waals surface area contributed by atoms with Crippen molar-refractivity contribution in [3.63, 3.8) is 0 Å². The van der Waals surface area contributed by atoms with E-state index in [9.17, 15) is 36.3 Å². The van der Waals surface area contributed by atoms with Gasteiger partial charge in [-0.2, -0.15) is 13.2 Å². The summed E-state index contributed by atoms with van der Waals surface area (Å²) in [6.45, 7) is 0.946. The third-order valence-electron chi connectivity index (χ3n) is 6.93. The van der Waals surface area contributed by atoms with Crippen LogP contribution in [-0.2, 0) is 20.5 Å². The summed E-state index contributed by atoms with van der Waals surface area (Å²) in [6, 6.07) is 1.52. The molecule has 3 amide bonds. The van der Waals surface area contributed by atoms with Crippen LogP contribution in [0.5, 0.6) is 0 Å². The van der Waals surface area contributed by atoms with E-state index in [0.717, 1.165) is 24.3 Å². The van der Waals surface area contributed by atoms with Gasteiger partial charge in [0.25, 0.3) is 17.7 Å². The van der Waals surface area contributed by atoms with Crippen molar-refractivity contribution in [3.05, 3.63) is 62.9 Å². The molecule has 1 aromatic rings. The van der Waals surface area contributed by atoms with Crippen molar-refractivity contribution in [2.24, 2.45) is 4.99 Å². The lowest BCUT2D eigenvalue weighted by molar-refractivity contribution is -0.137. The maximum absolute atomic E-state index is 14.5. The van der Waals surface area contributed by atoms with E-state index in [-0.39, 0.29) is 61.5 Å². The number of ether oxygens (including phenoxy) is 1. The highest BCUT2D eigenvalue weighted by Gasteiger charge is 2.41. The molecule has 0 radical (unpaired) electrons. The third kappa shape index (κ3) is 5.46. The lowest BCUT2D eigenvalue weighted by atomic mass is 9.90. The van der Waals surface area contributed by atoms with Crippen LogP contribution >= 0.6 is 15.9 Å². The molecule has 2 atom stereocenters. The number of dihydropyridines is 1. The fourth-order valence-electron chi connectivity index (χ4n) is 5.11. The number of fused-ring (bicyclic) bond motifs is 1. The quantitative estimate of drug-likeness (QED) is 0.514. The van der Waals surface area contributed by atoms with E-state index in [2.05, 4.69) is 26.2 Å². The summed E-state index contributed by atoms with van der Waals surface area (Å²) in [7, 11) is 0. The van der Waals surface area contributed by atoms with Crippen LogP contribution in [0.3, 0.4) is 0 Å². The number of amides is 3. The molecule has 3 aliphatic heterocycles. The number of aliphatic imine (C=N–C) groups is 1. The molecule has 0 spiro atoms. The Morgan fingerprint density at radius 2 is 1.88 bits per heavy atom. The average molecular weight is 629 g/mol. The van der Waals surface area contributed by atoms with Crippen molar-refractivity contribution in [2.75, 3.05) is 44.3 Å². The van der Waals surface area contributed by atoms with Gasteiger partial charge >= 0.3 is 6.18 Å². The van der Waals surface area contributed by atoms with Crippen molar-refractivity contribution in [1.82, 2.24) is 10.2 Å². The molecular weight excluding hydrogens is 607 g/mol. The number of carbonyl (C=O) groups is 3. The third-order valence-corrected chi connectivity index (χ3v) is 7.39. The van der Waals surface area contributed by atoms with Crippen LogP contribution in [0.25, 0.3) is 0 Å². The van der Waals surface area contributed by atoms with Gasteiger partial charge in [0, 0.05) is 48.3 Å². The smallest absolute Gasteiger partial charge is 0.378 e. The number of nitrogens with zero attached hydrogens (tertiary/aromatic N) is 3. The Labute approximate surface area is 233 Å². The maximum Gasteiger partial charge on any atom is 0.418 e. The maximum atomic E-state index is 14.5. The molecule has 8 nitrogen and oxygen atoms in total. The minimum atomic E-state index is -4.79. The van der Waals surface area contributed by atoms with E-state index in [4.69, 9.17) is 4.74 Å². The molecule has 0 saturated carbocycles. The predicted molar refractivity (Wildman–Crippen MR) is 137 cm³/mol. The summed E-state index contributed by atoms with van der Waals surface area (Å²) in [5.41, 5.74) is -2.83. The molecule has 14 heteroatoms. The van der Waals surface area contributed by atoms with Gasteiger partial charge in [-0.1, -0.05) is 15.9 Å². The van der Waals surface area contributed by atoms with E-state index >= 15 is 0 Å². The van der Waals surface area contributed by atoms with Gasteiger partial charge in [0.05, 0.1) is 41.3 Å². The Morgan fingerprint density at radius 1 is 1.15 bits per heavy atom. The summed E-state index contributed by atoms with van der Waals surface area (Å²) in [5.74, 6) is -3.34.